The summed E-state index contributed by atoms with van der Waals surface area (Å²) >= 11 is 18.0. The Kier molecular flexibility index (Phi) is 5.17. The van der Waals surface area contributed by atoms with E-state index in [0.717, 1.165) is 11.3 Å². The van der Waals surface area contributed by atoms with Crippen molar-refractivity contribution in [2.75, 3.05) is 5.32 Å². The van der Waals surface area contributed by atoms with E-state index in [1.807, 2.05) is 6.07 Å². The van der Waals surface area contributed by atoms with E-state index < -0.39 is 0 Å². The zero-order chi connectivity index (χ0) is 15.4. The van der Waals surface area contributed by atoms with Gasteiger partial charge in [-0.05, 0) is 29.8 Å². The molecule has 2 aromatic carbocycles. The second-order valence-electron chi connectivity index (χ2n) is 4.27. The number of halogens is 3. The molecular formula is C14H12Cl3N3O. The summed E-state index contributed by atoms with van der Waals surface area (Å²) in [5, 5.41) is 16.3. The summed E-state index contributed by atoms with van der Waals surface area (Å²) in [6.45, 7) is 0.507. The first-order valence-corrected chi connectivity index (χ1v) is 7.10. The van der Waals surface area contributed by atoms with E-state index in [1.165, 1.54) is 0 Å². The Morgan fingerprint density at radius 3 is 2.43 bits per heavy atom. The first kappa shape index (κ1) is 15.8. The molecule has 0 heterocycles. The van der Waals surface area contributed by atoms with Crippen molar-refractivity contribution in [3.05, 3.63) is 62.6 Å². The van der Waals surface area contributed by atoms with E-state index >= 15 is 0 Å². The van der Waals surface area contributed by atoms with Crippen LogP contribution in [-0.4, -0.2) is 11.0 Å². The molecule has 21 heavy (non-hydrogen) atoms. The van der Waals surface area contributed by atoms with Gasteiger partial charge in [0, 0.05) is 22.8 Å². The van der Waals surface area contributed by atoms with Gasteiger partial charge in [-0.15, -0.1) is 0 Å². The monoisotopic (exact) mass is 343 g/mol. The van der Waals surface area contributed by atoms with E-state index in [2.05, 4.69) is 10.5 Å². The Hall–Kier alpha value is -1.62. The molecule has 0 saturated heterocycles. The molecule has 0 spiro atoms. The third-order valence-electron chi connectivity index (χ3n) is 2.86. The average Bonchev–Trinajstić information content (AvgIpc) is 2.48. The van der Waals surface area contributed by atoms with Crippen LogP contribution in [0.15, 0.2) is 41.6 Å². The molecule has 2 rings (SSSR count). The fourth-order valence-corrected chi connectivity index (χ4v) is 2.26. The first-order chi connectivity index (χ1) is 10.0. The third-order valence-corrected chi connectivity index (χ3v) is 3.95. The van der Waals surface area contributed by atoms with Gasteiger partial charge in [0.1, 0.15) is 0 Å². The number of anilines is 1. The lowest BCUT2D eigenvalue weighted by Gasteiger charge is -2.10. The van der Waals surface area contributed by atoms with Crippen molar-refractivity contribution < 1.29 is 5.21 Å². The minimum Gasteiger partial charge on any atom is -0.409 e. The van der Waals surface area contributed by atoms with Crippen LogP contribution in [0.2, 0.25) is 15.1 Å². The second-order valence-corrected chi connectivity index (χ2v) is 5.50. The molecule has 0 radical (unpaired) electrons. The number of hydrogen-bond donors (Lipinski definition) is 3. The number of amidine groups is 1. The van der Waals surface area contributed by atoms with Crippen molar-refractivity contribution in [3.63, 3.8) is 0 Å². The fourth-order valence-electron chi connectivity index (χ4n) is 1.71. The van der Waals surface area contributed by atoms with Gasteiger partial charge in [0.15, 0.2) is 5.84 Å². The molecule has 0 aliphatic rings. The number of benzene rings is 2. The summed E-state index contributed by atoms with van der Waals surface area (Å²) in [5.74, 6) is 0.0147. The zero-order valence-corrected chi connectivity index (χ0v) is 13.0. The van der Waals surface area contributed by atoms with Gasteiger partial charge in [-0.3, -0.25) is 0 Å². The number of nitrogens with zero attached hydrogens (tertiary/aromatic N) is 1. The van der Waals surface area contributed by atoms with Crippen LogP contribution in [0.1, 0.15) is 11.1 Å². The van der Waals surface area contributed by atoms with E-state index in [1.54, 1.807) is 30.3 Å². The van der Waals surface area contributed by atoms with Crippen LogP contribution in [0.3, 0.4) is 0 Å². The molecule has 0 aliphatic heterocycles. The summed E-state index contributed by atoms with van der Waals surface area (Å²) in [4.78, 5) is 0. The van der Waals surface area contributed by atoms with E-state index in [-0.39, 0.29) is 5.84 Å². The zero-order valence-electron chi connectivity index (χ0n) is 10.8. The summed E-state index contributed by atoms with van der Waals surface area (Å²) in [5.41, 5.74) is 7.77. The summed E-state index contributed by atoms with van der Waals surface area (Å²) < 4.78 is 0. The molecule has 0 bridgehead atoms. The molecule has 7 heteroatoms. The number of hydrogen-bond acceptors (Lipinski definition) is 3. The topological polar surface area (TPSA) is 70.6 Å². The quantitative estimate of drug-likeness (QED) is 0.334. The smallest absolute Gasteiger partial charge is 0.170 e. The van der Waals surface area contributed by atoms with Gasteiger partial charge in [-0.2, -0.15) is 0 Å². The Bertz CT molecular complexity index is 689. The van der Waals surface area contributed by atoms with Crippen LogP contribution < -0.4 is 11.1 Å². The molecule has 2 aromatic rings. The minimum absolute atomic E-state index is 0.0147. The van der Waals surface area contributed by atoms with Crippen LogP contribution in [0.5, 0.6) is 0 Å². The average molecular weight is 345 g/mol. The molecule has 0 aromatic heterocycles. The van der Waals surface area contributed by atoms with Crippen LogP contribution in [0, 0.1) is 0 Å². The third kappa shape index (κ3) is 3.94. The van der Waals surface area contributed by atoms with E-state index in [0.29, 0.717) is 27.2 Å². The normalized spacial score (nSPS) is 11.5. The Morgan fingerprint density at radius 2 is 1.81 bits per heavy atom. The van der Waals surface area contributed by atoms with Gasteiger partial charge in [0.05, 0.1) is 10.0 Å². The highest BCUT2D eigenvalue weighted by Gasteiger charge is 2.06. The lowest BCUT2D eigenvalue weighted by atomic mass is 10.1. The molecule has 110 valence electrons. The van der Waals surface area contributed by atoms with E-state index in [9.17, 15) is 0 Å². The van der Waals surface area contributed by atoms with Crippen molar-refractivity contribution in [2.45, 2.75) is 6.54 Å². The highest BCUT2D eigenvalue weighted by molar-refractivity contribution is 6.42. The number of nitrogens with two attached hydrogens (primary N) is 1. The molecule has 0 aliphatic carbocycles. The maximum absolute atomic E-state index is 8.63. The van der Waals surface area contributed by atoms with Crippen LogP contribution in [0.4, 0.5) is 5.69 Å². The largest absolute Gasteiger partial charge is 0.409 e. The maximum atomic E-state index is 8.63. The van der Waals surface area contributed by atoms with Crippen molar-refractivity contribution in [1.29, 1.82) is 0 Å². The van der Waals surface area contributed by atoms with Crippen LogP contribution in [-0.2, 0) is 6.54 Å². The van der Waals surface area contributed by atoms with Gasteiger partial charge < -0.3 is 16.3 Å². The maximum Gasteiger partial charge on any atom is 0.170 e. The standard InChI is InChI=1S/C14H12Cl3N3O/c15-11-4-3-10(6-13(11)17)19-7-9-2-1-8(5-12(9)16)14(18)20-21/h1-6,19,21H,7H2,(H2,18,20). The van der Waals surface area contributed by atoms with Crippen molar-refractivity contribution in [1.82, 2.24) is 0 Å². The predicted octanol–water partition coefficient (Wildman–Crippen LogP) is 4.35. The predicted molar refractivity (Wildman–Crippen MR) is 87.8 cm³/mol. The number of oxime groups is 1. The fraction of sp³-hybridized carbons (Fsp3) is 0.0714. The number of rotatable bonds is 4. The van der Waals surface area contributed by atoms with Crippen LogP contribution >= 0.6 is 34.8 Å². The molecule has 0 amide bonds. The number of nitrogens with one attached hydrogen (secondary N) is 1. The lowest BCUT2D eigenvalue weighted by molar-refractivity contribution is 0.318. The molecule has 4 N–H and O–H groups in total. The highest BCUT2D eigenvalue weighted by atomic mass is 35.5. The Morgan fingerprint density at radius 1 is 1.05 bits per heavy atom. The molecule has 0 atom stereocenters. The molecule has 0 fully saturated rings. The lowest BCUT2D eigenvalue weighted by Crippen LogP contribution is -2.13. The summed E-state index contributed by atoms with van der Waals surface area (Å²) in [7, 11) is 0. The highest BCUT2D eigenvalue weighted by Crippen LogP contribution is 2.26. The van der Waals surface area contributed by atoms with Crippen molar-refractivity contribution in [3.8, 4) is 0 Å². The van der Waals surface area contributed by atoms with Gasteiger partial charge in [-0.25, -0.2) is 0 Å². The molecular weight excluding hydrogens is 333 g/mol. The summed E-state index contributed by atoms with van der Waals surface area (Å²) in [6.07, 6.45) is 0. The van der Waals surface area contributed by atoms with Gasteiger partial charge in [0.25, 0.3) is 0 Å². The van der Waals surface area contributed by atoms with Gasteiger partial charge in [0.2, 0.25) is 0 Å². The molecule has 4 nitrogen and oxygen atoms in total. The molecule has 0 unspecified atom stereocenters. The summed E-state index contributed by atoms with van der Waals surface area (Å²) in [6, 6.07) is 10.5. The second kappa shape index (κ2) is 6.89. The minimum atomic E-state index is 0.0147. The van der Waals surface area contributed by atoms with Crippen molar-refractivity contribution >= 4 is 46.3 Å². The molecule has 0 saturated carbocycles. The van der Waals surface area contributed by atoms with E-state index in [4.69, 9.17) is 45.7 Å². The van der Waals surface area contributed by atoms with Gasteiger partial charge >= 0.3 is 0 Å². The Labute approximate surface area is 137 Å². The Balaban J connectivity index is 2.11. The van der Waals surface area contributed by atoms with Gasteiger partial charge in [-0.1, -0.05) is 52.1 Å². The van der Waals surface area contributed by atoms with Crippen molar-refractivity contribution in [2.24, 2.45) is 10.9 Å². The van der Waals surface area contributed by atoms with Crippen LogP contribution in [0.25, 0.3) is 0 Å². The SMILES string of the molecule is N/C(=N/O)c1ccc(CNc2ccc(Cl)c(Cl)c2)c(Cl)c1. The first-order valence-electron chi connectivity index (χ1n) is 5.96.